The Labute approximate surface area is 75.1 Å². The fourth-order valence-corrected chi connectivity index (χ4v) is 0.399. The molecule has 0 aliphatic heterocycles. The first-order valence-corrected chi connectivity index (χ1v) is 3.75. The van der Waals surface area contributed by atoms with Crippen molar-refractivity contribution in [1.82, 2.24) is 0 Å². The van der Waals surface area contributed by atoms with Crippen LogP contribution in [0.3, 0.4) is 0 Å². The molecule has 0 spiro atoms. The summed E-state index contributed by atoms with van der Waals surface area (Å²) in [5.41, 5.74) is 0. The lowest BCUT2D eigenvalue weighted by Crippen LogP contribution is -2.14. The van der Waals surface area contributed by atoms with Gasteiger partial charge in [0.1, 0.15) is 13.2 Å². The molecule has 0 aromatic rings. The van der Waals surface area contributed by atoms with Gasteiger partial charge in [0.2, 0.25) is 10.6 Å². The third-order valence-corrected chi connectivity index (χ3v) is 0.798. The number of hydrogen-bond acceptors (Lipinski definition) is 6. The topological polar surface area (TPSA) is 95.3 Å². The van der Waals surface area contributed by atoms with Gasteiger partial charge < -0.3 is 20.1 Å². The molecule has 0 aliphatic carbocycles. The van der Waals surface area contributed by atoms with E-state index in [0.29, 0.717) is 0 Å². The largest absolute Gasteiger partial charge is 0.592 e. The summed E-state index contributed by atoms with van der Waals surface area (Å²) in [6.07, 6.45) is 0. The second-order valence-electron chi connectivity index (χ2n) is 1.84. The molecule has 0 atom stereocenters. The fraction of sp³-hybridized carbons (Fsp3) is 1.00. The summed E-state index contributed by atoms with van der Waals surface area (Å²) in [6, 6.07) is 0. The van der Waals surface area contributed by atoms with Crippen LogP contribution in [0.1, 0.15) is 13.8 Å². The van der Waals surface area contributed by atoms with Crippen molar-refractivity contribution in [3.63, 3.8) is 0 Å². The van der Waals surface area contributed by atoms with Crippen molar-refractivity contribution in [2.75, 3.05) is 19.9 Å². The van der Waals surface area contributed by atoms with Crippen molar-refractivity contribution in [2.24, 2.45) is 10.6 Å². The molecule has 0 aliphatic rings. The zero-order chi connectivity index (χ0) is 10.1. The third kappa shape index (κ3) is 6.78. The molecule has 0 amide bonds. The van der Waals surface area contributed by atoms with Gasteiger partial charge >= 0.3 is 6.67 Å². The minimum atomic E-state index is -0.583. The molecule has 0 unspecified atom stereocenters. The van der Waals surface area contributed by atoms with Crippen molar-refractivity contribution < 1.29 is 19.4 Å². The first kappa shape index (κ1) is 11.4. The Bertz CT molecular complexity index is 173. The van der Waals surface area contributed by atoms with Gasteiger partial charge in [-0.15, -0.1) is 0 Å². The van der Waals surface area contributed by atoms with Gasteiger partial charge in [-0.1, -0.05) is 0 Å². The van der Waals surface area contributed by atoms with Crippen molar-refractivity contribution in [3.8, 4) is 0 Å². The van der Waals surface area contributed by atoms with Crippen LogP contribution in [0.4, 0.5) is 0 Å². The molecule has 0 heterocycles. The number of nitrogens with zero attached hydrogens (tertiary/aromatic N) is 4. The first-order valence-electron chi connectivity index (χ1n) is 3.75. The molecule has 0 N–H and O–H groups in total. The minimum Gasteiger partial charge on any atom is -0.592 e. The highest BCUT2D eigenvalue weighted by Crippen LogP contribution is 1.83. The fourth-order valence-electron chi connectivity index (χ4n) is 0.399. The summed E-state index contributed by atoms with van der Waals surface area (Å²) in [4.78, 5) is 8.92. The van der Waals surface area contributed by atoms with Gasteiger partial charge in [-0.3, -0.25) is 0 Å². The maximum atomic E-state index is 10.6. The Hall–Kier alpha value is -1.60. The van der Waals surface area contributed by atoms with Crippen LogP contribution in [0.5, 0.6) is 0 Å². The van der Waals surface area contributed by atoms with Gasteiger partial charge in [-0.05, 0) is 13.8 Å². The molecule has 0 rings (SSSR count). The molecule has 8 nitrogen and oxygen atoms in total. The van der Waals surface area contributed by atoms with Crippen LogP contribution in [-0.4, -0.2) is 29.6 Å². The average Bonchev–Trinajstić information content (AvgIpc) is 2.11. The van der Waals surface area contributed by atoms with Crippen molar-refractivity contribution in [3.05, 3.63) is 10.4 Å². The highest BCUT2D eigenvalue weighted by Gasteiger charge is 2.04. The van der Waals surface area contributed by atoms with Gasteiger partial charge in [0.15, 0.2) is 0 Å². The SMILES string of the molecule is CCON=[N+]([O-])C[N+]([O-])=NOCC. The van der Waals surface area contributed by atoms with Gasteiger partial charge in [-0.2, -0.15) is 0 Å². The summed E-state index contributed by atoms with van der Waals surface area (Å²) in [7, 11) is 0. The molecule has 76 valence electrons. The van der Waals surface area contributed by atoms with Gasteiger partial charge in [0.25, 0.3) is 0 Å². The Morgan fingerprint density at radius 1 is 1.00 bits per heavy atom. The van der Waals surface area contributed by atoms with Crippen LogP contribution in [0.2, 0.25) is 0 Å². The Kier molecular flexibility index (Phi) is 6.20. The van der Waals surface area contributed by atoms with Crippen LogP contribution in [-0.2, 0) is 9.68 Å². The monoisotopic (exact) mass is 192 g/mol. The molecule has 13 heavy (non-hydrogen) atoms. The Morgan fingerprint density at radius 2 is 1.38 bits per heavy atom. The third-order valence-electron chi connectivity index (χ3n) is 0.798. The average molecular weight is 192 g/mol. The number of hydrogen-bond donors (Lipinski definition) is 0. The molecule has 8 heteroatoms. The zero-order valence-electron chi connectivity index (χ0n) is 7.54. The molecule has 0 saturated heterocycles. The van der Waals surface area contributed by atoms with E-state index in [1.807, 2.05) is 0 Å². The smallest absolute Gasteiger partial charge is 0.408 e. The van der Waals surface area contributed by atoms with Crippen LogP contribution in [0, 0.1) is 10.4 Å². The van der Waals surface area contributed by atoms with Crippen LogP contribution in [0.15, 0.2) is 10.6 Å². The van der Waals surface area contributed by atoms with E-state index in [4.69, 9.17) is 0 Å². The second-order valence-corrected chi connectivity index (χ2v) is 1.84. The zero-order valence-corrected chi connectivity index (χ0v) is 7.54. The molecule has 0 bridgehead atoms. The lowest BCUT2D eigenvalue weighted by molar-refractivity contribution is -0.750. The molecule has 0 fully saturated rings. The van der Waals surface area contributed by atoms with E-state index in [1.54, 1.807) is 13.8 Å². The minimum absolute atomic E-state index is 0.0685. The molecule has 0 radical (unpaired) electrons. The second kappa shape index (κ2) is 7.07. The van der Waals surface area contributed by atoms with Gasteiger partial charge in [-0.25, -0.2) is 0 Å². The lowest BCUT2D eigenvalue weighted by Gasteiger charge is -1.97. The summed E-state index contributed by atoms with van der Waals surface area (Å²) in [5.74, 6) is 0. The Morgan fingerprint density at radius 3 is 1.69 bits per heavy atom. The number of rotatable bonds is 6. The Balaban J connectivity index is 3.82. The van der Waals surface area contributed by atoms with E-state index in [1.165, 1.54) is 0 Å². The van der Waals surface area contributed by atoms with E-state index in [-0.39, 0.29) is 22.9 Å². The van der Waals surface area contributed by atoms with Gasteiger partial charge in [0.05, 0.1) is 0 Å². The summed E-state index contributed by atoms with van der Waals surface area (Å²) >= 11 is 0. The van der Waals surface area contributed by atoms with E-state index in [9.17, 15) is 10.4 Å². The summed E-state index contributed by atoms with van der Waals surface area (Å²) < 4.78 is 0. The normalized spacial score (nSPS) is 12.8. The highest BCUT2D eigenvalue weighted by molar-refractivity contribution is 4.02. The highest BCUT2D eigenvalue weighted by atomic mass is 16.7. The summed E-state index contributed by atoms with van der Waals surface area (Å²) in [6.45, 7) is 3.27. The molecule has 0 aromatic heterocycles. The van der Waals surface area contributed by atoms with E-state index >= 15 is 0 Å². The van der Waals surface area contributed by atoms with Crippen LogP contribution < -0.4 is 0 Å². The maximum Gasteiger partial charge on any atom is 0.408 e. The molecule has 0 aromatic carbocycles. The molecule has 0 saturated carbocycles. The van der Waals surface area contributed by atoms with Crippen molar-refractivity contribution in [1.29, 1.82) is 0 Å². The van der Waals surface area contributed by atoms with E-state index in [2.05, 4.69) is 20.2 Å². The predicted molar refractivity (Wildman–Crippen MR) is 40.2 cm³/mol. The summed E-state index contributed by atoms with van der Waals surface area (Å²) in [5, 5.41) is 27.3. The van der Waals surface area contributed by atoms with E-state index < -0.39 is 6.67 Å². The molecular weight excluding hydrogens is 180 g/mol. The first-order chi connectivity index (χ1) is 6.20. The standard InChI is InChI=1S/C5H12N4O4/c1-3-12-6-8(10)5-9(11)7-13-4-2/h3-5H2,1-2H3. The van der Waals surface area contributed by atoms with Crippen molar-refractivity contribution >= 4 is 0 Å². The van der Waals surface area contributed by atoms with E-state index in [0.717, 1.165) is 0 Å². The quantitative estimate of drug-likeness (QED) is 0.269. The lowest BCUT2D eigenvalue weighted by atomic mass is 10.9. The predicted octanol–water partition coefficient (Wildman–Crippen LogP) is 0.772. The maximum absolute atomic E-state index is 10.6. The number of hydroxylamine groups is 2. The van der Waals surface area contributed by atoms with Crippen LogP contribution in [0.25, 0.3) is 0 Å². The van der Waals surface area contributed by atoms with Crippen LogP contribution >= 0.6 is 0 Å². The molecular formula is C5H12N4O4. The van der Waals surface area contributed by atoms with Gasteiger partial charge in [0, 0.05) is 9.72 Å². The van der Waals surface area contributed by atoms with Crippen molar-refractivity contribution in [2.45, 2.75) is 13.8 Å².